The number of halogens is 3. The average Bonchev–Trinajstić information content (AvgIpc) is 2.84. The fourth-order valence-corrected chi connectivity index (χ4v) is 2.11. The highest BCUT2D eigenvalue weighted by molar-refractivity contribution is 5.50. The lowest BCUT2D eigenvalue weighted by molar-refractivity contribution is -0.153. The molecule has 1 aromatic rings. The van der Waals surface area contributed by atoms with Crippen LogP contribution in [0.15, 0.2) is 18.2 Å². The summed E-state index contributed by atoms with van der Waals surface area (Å²) >= 11 is 0. The molecule has 1 atom stereocenters. The fourth-order valence-electron chi connectivity index (χ4n) is 2.11. The molecular weight excluding hydrogens is 313 g/mol. The third-order valence-corrected chi connectivity index (χ3v) is 3.14. The van der Waals surface area contributed by atoms with Gasteiger partial charge in [-0.2, -0.15) is 13.2 Å². The van der Waals surface area contributed by atoms with Crippen molar-refractivity contribution in [3.63, 3.8) is 0 Å². The van der Waals surface area contributed by atoms with Crippen LogP contribution < -0.4 is 9.47 Å². The van der Waals surface area contributed by atoms with E-state index in [1.807, 2.05) is 18.2 Å². The second kappa shape index (κ2) is 7.88. The third kappa shape index (κ3) is 6.66. The third-order valence-electron chi connectivity index (χ3n) is 3.14. The Balaban J connectivity index is 0.000000241. The predicted octanol–water partition coefficient (Wildman–Crippen LogP) is 3.74. The number of hydrogen-bond donors (Lipinski definition) is 2. The zero-order valence-electron chi connectivity index (χ0n) is 13.5. The van der Waals surface area contributed by atoms with Crippen molar-refractivity contribution in [2.75, 3.05) is 6.79 Å². The number of para-hydroxylation sites is 1. The highest BCUT2D eigenvalue weighted by atomic mass is 19.4. The van der Waals surface area contributed by atoms with Crippen molar-refractivity contribution in [3.8, 4) is 11.5 Å². The predicted molar refractivity (Wildman–Crippen MR) is 79.4 cm³/mol. The molecule has 2 N–H and O–H groups in total. The quantitative estimate of drug-likeness (QED) is 0.879. The van der Waals surface area contributed by atoms with Crippen LogP contribution in [0.3, 0.4) is 0 Å². The molecular formula is C16H23F3O4. The molecule has 7 heteroatoms. The molecule has 0 radical (unpaired) electrons. The molecule has 1 unspecified atom stereocenters. The van der Waals surface area contributed by atoms with Gasteiger partial charge in [0.25, 0.3) is 0 Å². The lowest BCUT2D eigenvalue weighted by Gasteiger charge is -2.19. The van der Waals surface area contributed by atoms with Crippen molar-refractivity contribution >= 4 is 0 Å². The molecule has 1 aliphatic rings. The summed E-state index contributed by atoms with van der Waals surface area (Å²) in [7, 11) is 0. The summed E-state index contributed by atoms with van der Waals surface area (Å²) in [6.07, 6.45) is -5.73. The number of aliphatic hydroxyl groups excluding tert-OH is 1. The molecule has 0 saturated carbocycles. The smallest absolute Gasteiger partial charge is 0.391 e. The van der Waals surface area contributed by atoms with E-state index in [-0.39, 0.29) is 13.2 Å². The van der Waals surface area contributed by atoms with Gasteiger partial charge in [0.1, 0.15) is 0 Å². The number of rotatable bonds is 4. The number of fused-ring (bicyclic) bond motifs is 1. The average molecular weight is 336 g/mol. The molecule has 4 nitrogen and oxygen atoms in total. The molecule has 1 heterocycles. The van der Waals surface area contributed by atoms with E-state index < -0.39 is 24.3 Å². The lowest BCUT2D eigenvalue weighted by atomic mass is 9.97. The lowest BCUT2D eigenvalue weighted by Crippen LogP contribution is -2.18. The summed E-state index contributed by atoms with van der Waals surface area (Å²) in [5.74, 6) is 1.37. The standard InChI is InChI=1S/C10H12O3.C6H11F3O/c1-10(2,11)7-4-3-5-8-9(7)13-6-12-8;1-2-3-5(10)4-6(7,8)9/h3-5,11H,6H2,1-2H3;5,10H,2-4H2,1H3. The first kappa shape index (κ1) is 19.6. The summed E-state index contributed by atoms with van der Waals surface area (Å²) in [5, 5.41) is 18.5. The maximum absolute atomic E-state index is 11.5. The van der Waals surface area contributed by atoms with Crippen molar-refractivity contribution in [1.82, 2.24) is 0 Å². The monoisotopic (exact) mass is 336 g/mol. The van der Waals surface area contributed by atoms with Crippen LogP contribution in [-0.2, 0) is 5.60 Å². The Morgan fingerprint density at radius 1 is 1.22 bits per heavy atom. The second-order valence-electron chi connectivity index (χ2n) is 5.86. The van der Waals surface area contributed by atoms with Crippen LogP contribution in [0.25, 0.3) is 0 Å². The second-order valence-corrected chi connectivity index (χ2v) is 5.86. The molecule has 2 rings (SSSR count). The van der Waals surface area contributed by atoms with Crippen LogP contribution in [0.5, 0.6) is 11.5 Å². The molecule has 0 amide bonds. The summed E-state index contributed by atoms with van der Waals surface area (Å²) < 4.78 is 44.9. The van der Waals surface area contributed by atoms with Crippen molar-refractivity contribution < 1.29 is 32.9 Å². The van der Waals surface area contributed by atoms with Crippen molar-refractivity contribution in [2.45, 2.75) is 57.9 Å². The Morgan fingerprint density at radius 3 is 2.39 bits per heavy atom. The Kier molecular flexibility index (Phi) is 6.70. The topological polar surface area (TPSA) is 58.9 Å². The minimum absolute atomic E-state index is 0.222. The van der Waals surface area contributed by atoms with E-state index >= 15 is 0 Å². The molecule has 0 saturated heterocycles. The van der Waals surface area contributed by atoms with E-state index in [2.05, 4.69) is 0 Å². The molecule has 132 valence electrons. The Hall–Kier alpha value is -1.47. The molecule has 0 aliphatic carbocycles. The first-order valence-corrected chi connectivity index (χ1v) is 7.41. The molecule has 0 fully saturated rings. The number of alkyl halides is 3. The van der Waals surface area contributed by atoms with Gasteiger partial charge in [-0.15, -0.1) is 0 Å². The van der Waals surface area contributed by atoms with E-state index in [9.17, 15) is 18.3 Å². The minimum atomic E-state index is -4.23. The summed E-state index contributed by atoms with van der Waals surface area (Å²) in [6.45, 7) is 5.43. The summed E-state index contributed by atoms with van der Waals surface area (Å²) in [4.78, 5) is 0. The van der Waals surface area contributed by atoms with Gasteiger partial charge in [0.05, 0.1) is 18.1 Å². The van der Waals surface area contributed by atoms with Crippen LogP contribution >= 0.6 is 0 Å². The summed E-state index contributed by atoms with van der Waals surface area (Å²) in [6, 6.07) is 5.52. The van der Waals surface area contributed by atoms with Gasteiger partial charge < -0.3 is 19.7 Å². The summed E-state index contributed by atoms with van der Waals surface area (Å²) in [5.41, 5.74) is -0.124. The minimum Gasteiger partial charge on any atom is -0.454 e. The van der Waals surface area contributed by atoms with Crippen LogP contribution in [0.4, 0.5) is 13.2 Å². The van der Waals surface area contributed by atoms with E-state index in [1.54, 1.807) is 20.8 Å². The van der Waals surface area contributed by atoms with Gasteiger partial charge in [0, 0.05) is 5.56 Å². The Morgan fingerprint density at radius 2 is 1.87 bits per heavy atom. The van der Waals surface area contributed by atoms with Crippen LogP contribution in [0, 0.1) is 0 Å². The Labute approximate surface area is 133 Å². The van der Waals surface area contributed by atoms with Gasteiger partial charge >= 0.3 is 6.18 Å². The number of aliphatic hydroxyl groups is 2. The van der Waals surface area contributed by atoms with E-state index in [0.717, 1.165) is 5.56 Å². The normalized spacial score (nSPS) is 15.0. The highest BCUT2D eigenvalue weighted by Crippen LogP contribution is 2.40. The van der Waals surface area contributed by atoms with Gasteiger partial charge in [0.2, 0.25) is 6.79 Å². The number of hydrogen-bond acceptors (Lipinski definition) is 4. The number of ether oxygens (including phenoxy) is 2. The fraction of sp³-hybridized carbons (Fsp3) is 0.625. The van der Waals surface area contributed by atoms with Crippen LogP contribution in [-0.4, -0.2) is 29.3 Å². The van der Waals surface area contributed by atoms with Crippen LogP contribution in [0.1, 0.15) is 45.6 Å². The Bertz CT molecular complexity index is 495. The van der Waals surface area contributed by atoms with Gasteiger partial charge in [0.15, 0.2) is 11.5 Å². The zero-order chi connectivity index (χ0) is 17.7. The van der Waals surface area contributed by atoms with Crippen LogP contribution in [0.2, 0.25) is 0 Å². The van der Waals surface area contributed by atoms with Gasteiger partial charge in [-0.3, -0.25) is 0 Å². The van der Waals surface area contributed by atoms with Gasteiger partial charge in [-0.1, -0.05) is 25.5 Å². The maximum atomic E-state index is 11.5. The highest BCUT2D eigenvalue weighted by Gasteiger charge is 2.30. The maximum Gasteiger partial charge on any atom is 0.391 e. The first-order chi connectivity index (χ1) is 10.5. The molecule has 0 bridgehead atoms. The molecule has 0 spiro atoms. The molecule has 0 aromatic heterocycles. The van der Waals surface area contributed by atoms with Crippen molar-refractivity contribution in [1.29, 1.82) is 0 Å². The van der Waals surface area contributed by atoms with E-state index in [0.29, 0.717) is 17.9 Å². The van der Waals surface area contributed by atoms with Gasteiger partial charge in [-0.25, -0.2) is 0 Å². The first-order valence-electron chi connectivity index (χ1n) is 7.41. The van der Waals surface area contributed by atoms with Crippen molar-refractivity contribution in [3.05, 3.63) is 23.8 Å². The van der Waals surface area contributed by atoms with E-state index in [4.69, 9.17) is 14.6 Å². The number of benzene rings is 1. The van der Waals surface area contributed by atoms with Gasteiger partial charge in [-0.05, 0) is 26.3 Å². The molecule has 1 aliphatic heterocycles. The molecule has 1 aromatic carbocycles. The van der Waals surface area contributed by atoms with Crippen molar-refractivity contribution in [2.24, 2.45) is 0 Å². The largest absolute Gasteiger partial charge is 0.454 e. The van der Waals surface area contributed by atoms with E-state index in [1.165, 1.54) is 0 Å². The SMILES string of the molecule is CC(C)(O)c1cccc2c1OCO2.CCCC(O)CC(F)(F)F. The molecule has 23 heavy (non-hydrogen) atoms. The zero-order valence-corrected chi connectivity index (χ0v) is 13.5.